The van der Waals surface area contributed by atoms with Gasteiger partial charge in [-0.25, -0.2) is 4.79 Å². The van der Waals surface area contributed by atoms with E-state index in [0.29, 0.717) is 10.9 Å². The van der Waals surface area contributed by atoms with Crippen LogP contribution in [0.2, 0.25) is 0 Å². The normalized spacial score (nSPS) is 26.0. The average molecular weight is 609 g/mol. The average Bonchev–Trinajstić information content (AvgIpc) is 3.43. The van der Waals surface area contributed by atoms with Gasteiger partial charge in [-0.1, -0.05) is 70.0 Å². The number of benzene rings is 1. The molecule has 1 aliphatic heterocycles. The number of carboxylic acid groups (broad SMARTS) is 1. The van der Waals surface area contributed by atoms with Crippen LogP contribution in [0.3, 0.4) is 0 Å². The fourth-order valence-electron chi connectivity index (χ4n) is 6.12. The van der Waals surface area contributed by atoms with Crippen molar-refractivity contribution in [2.24, 2.45) is 11.3 Å². The zero-order valence-corrected chi connectivity index (χ0v) is 25.6. The summed E-state index contributed by atoms with van der Waals surface area (Å²) in [5, 5.41) is 32.6. The molecule has 12 nitrogen and oxygen atoms in total. The number of nitrogens with one attached hydrogen (secondary N) is 3. The topological polar surface area (TPSA) is 154 Å². The number of aliphatic carboxylic acids is 1. The molecule has 5 unspecified atom stereocenters. The lowest BCUT2D eigenvalue weighted by Gasteiger charge is -2.36. The third-order valence-corrected chi connectivity index (χ3v) is 8.99. The number of hydrogen-bond donors (Lipinski definition) is 4. The molecule has 2 aliphatic carbocycles. The van der Waals surface area contributed by atoms with E-state index in [-0.39, 0.29) is 37.3 Å². The summed E-state index contributed by atoms with van der Waals surface area (Å²) < 4.78 is 0. The fourth-order valence-corrected chi connectivity index (χ4v) is 6.40. The van der Waals surface area contributed by atoms with Crippen LogP contribution in [0, 0.1) is 11.3 Å². The number of nitrogens with zero attached hydrogens (tertiary/aromatic N) is 5. The van der Waals surface area contributed by atoms with E-state index in [4.69, 9.17) is 12.2 Å². The van der Waals surface area contributed by atoms with Gasteiger partial charge < -0.3 is 26.0 Å². The van der Waals surface area contributed by atoms with E-state index in [2.05, 4.69) is 37.9 Å². The maximum Gasteiger partial charge on any atom is 0.330 e. The minimum absolute atomic E-state index is 0.142. The van der Waals surface area contributed by atoms with Crippen molar-refractivity contribution in [2.75, 3.05) is 6.54 Å². The van der Waals surface area contributed by atoms with Gasteiger partial charge in [0.25, 0.3) is 0 Å². The molecule has 2 saturated carbocycles. The summed E-state index contributed by atoms with van der Waals surface area (Å²) in [6.07, 6.45) is 6.31. The fraction of sp³-hybridized carbons (Fsp3) is 0.567. The molecule has 2 aromatic rings. The van der Waals surface area contributed by atoms with Crippen molar-refractivity contribution in [3.63, 3.8) is 0 Å². The molecule has 2 amide bonds. The predicted molar refractivity (Wildman–Crippen MR) is 164 cm³/mol. The van der Waals surface area contributed by atoms with E-state index < -0.39 is 41.0 Å². The van der Waals surface area contributed by atoms with Crippen molar-refractivity contribution in [1.29, 1.82) is 0 Å². The lowest BCUT2D eigenvalue weighted by molar-refractivity contribution is -0.146. The monoisotopic (exact) mass is 608 g/mol. The van der Waals surface area contributed by atoms with Gasteiger partial charge in [-0.3, -0.25) is 9.59 Å². The highest BCUT2D eigenvalue weighted by Crippen LogP contribution is 2.45. The molecule has 0 radical (unpaired) electrons. The van der Waals surface area contributed by atoms with Crippen molar-refractivity contribution in [1.82, 2.24) is 41.1 Å². The van der Waals surface area contributed by atoms with Crippen LogP contribution < -0.4 is 16.0 Å². The minimum Gasteiger partial charge on any atom is -0.479 e. The van der Waals surface area contributed by atoms with Gasteiger partial charge >= 0.3 is 5.97 Å². The zero-order valence-electron chi connectivity index (χ0n) is 24.8. The third-order valence-electron chi connectivity index (χ3n) is 8.76. The third kappa shape index (κ3) is 6.41. The second-order valence-electron chi connectivity index (χ2n) is 12.9. The largest absolute Gasteiger partial charge is 0.479 e. The van der Waals surface area contributed by atoms with Crippen molar-refractivity contribution < 1.29 is 19.5 Å². The molecule has 1 aromatic heterocycles. The van der Waals surface area contributed by atoms with Gasteiger partial charge in [0.2, 0.25) is 17.6 Å². The van der Waals surface area contributed by atoms with Crippen LogP contribution in [-0.4, -0.2) is 83.3 Å². The van der Waals surface area contributed by atoms with Gasteiger partial charge in [0.1, 0.15) is 17.6 Å². The molecule has 1 saturated heterocycles. The molecule has 13 heteroatoms. The molecule has 43 heavy (non-hydrogen) atoms. The number of hydrogen-bond acceptors (Lipinski definition) is 7. The van der Waals surface area contributed by atoms with Gasteiger partial charge in [-0.15, -0.1) is 16.8 Å². The van der Waals surface area contributed by atoms with Crippen LogP contribution in [0.25, 0.3) is 11.4 Å². The van der Waals surface area contributed by atoms with E-state index >= 15 is 0 Å². The minimum atomic E-state index is -1.42. The standard InChI is InChI=1S/C30H40N8O4S/c1-5-19-16-30(19,27(41)42)33-25(39)22-15-21(38-35-24(34-36-38)18-11-7-6-8-12-18)17-37(22)26(40)23(29(2,3)4)32-28(43)31-20-13-9-10-14-20/h5-8,11-12,19-23H,1,9-10,13-17H2,2-4H3,(H,33,39)(H,41,42)(H2,31,32,43). The molecule has 0 spiro atoms. The summed E-state index contributed by atoms with van der Waals surface area (Å²) in [6.45, 7) is 9.66. The van der Waals surface area contributed by atoms with Crippen molar-refractivity contribution in [3.8, 4) is 11.4 Å². The van der Waals surface area contributed by atoms with Crippen molar-refractivity contribution in [2.45, 2.75) is 89.0 Å². The number of amides is 2. The Hall–Kier alpha value is -3.87. The highest BCUT2D eigenvalue weighted by molar-refractivity contribution is 7.80. The molecular formula is C30H40N8O4S. The van der Waals surface area contributed by atoms with E-state index in [1.807, 2.05) is 51.1 Å². The maximum absolute atomic E-state index is 14.3. The van der Waals surface area contributed by atoms with E-state index in [1.165, 1.54) is 15.8 Å². The highest BCUT2D eigenvalue weighted by Gasteiger charge is 2.61. The van der Waals surface area contributed by atoms with Gasteiger partial charge in [-0.05, 0) is 42.1 Å². The summed E-state index contributed by atoms with van der Waals surface area (Å²) in [5.41, 5.74) is -1.19. The number of carbonyl (C=O) groups excluding carboxylic acids is 2. The summed E-state index contributed by atoms with van der Waals surface area (Å²) in [4.78, 5) is 43.2. The van der Waals surface area contributed by atoms with Crippen LogP contribution in [0.5, 0.6) is 0 Å². The smallest absolute Gasteiger partial charge is 0.330 e. The van der Waals surface area contributed by atoms with E-state index in [0.717, 1.165) is 31.2 Å². The number of carbonyl (C=O) groups is 3. The lowest BCUT2D eigenvalue weighted by Crippen LogP contribution is -2.60. The molecule has 2 heterocycles. The summed E-state index contributed by atoms with van der Waals surface area (Å²) >= 11 is 5.62. The first-order valence-corrected chi connectivity index (χ1v) is 15.2. The molecule has 1 aromatic carbocycles. The second kappa shape index (κ2) is 12.0. The Kier molecular flexibility index (Phi) is 8.55. The van der Waals surface area contributed by atoms with Gasteiger partial charge in [0.05, 0.1) is 6.04 Å². The number of thiocarbonyl (C=S) groups is 1. The number of rotatable bonds is 9. The summed E-state index contributed by atoms with van der Waals surface area (Å²) in [6, 6.07) is 7.52. The van der Waals surface area contributed by atoms with Crippen LogP contribution in [0.4, 0.5) is 0 Å². The lowest BCUT2D eigenvalue weighted by atomic mass is 9.85. The first-order valence-electron chi connectivity index (χ1n) is 14.8. The van der Waals surface area contributed by atoms with Gasteiger partial charge in [-0.2, -0.15) is 4.80 Å². The van der Waals surface area contributed by atoms with Gasteiger partial charge in [0.15, 0.2) is 5.11 Å². The highest BCUT2D eigenvalue weighted by atomic mass is 32.1. The molecule has 3 fully saturated rings. The van der Waals surface area contributed by atoms with Crippen LogP contribution >= 0.6 is 12.2 Å². The molecular weight excluding hydrogens is 568 g/mol. The van der Waals surface area contributed by atoms with Crippen molar-refractivity contribution in [3.05, 3.63) is 43.0 Å². The molecule has 230 valence electrons. The Morgan fingerprint density at radius 3 is 2.49 bits per heavy atom. The summed E-state index contributed by atoms with van der Waals surface area (Å²) in [7, 11) is 0. The Morgan fingerprint density at radius 1 is 1.19 bits per heavy atom. The van der Waals surface area contributed by atoms with Crippen LogP contribution in [0.1, 0.15) is 65.3 Å². The number of carboxylic acids is 1. The second-order valence-corrected chi connectivity index (χ2v) is 13.3. The maximum atomic E-state index is 14.3. The molecule has 5 rings (SSSR count). The van der Waals surface area contributed by atoms with Crippen LogP contribution in [0.15, 0.2) is 43.0 Å². The van der Waals surface area contributed by atoms with Crippen LogP contribution in [-0.2, 0) is 14.4 Å². The molecule has 0 bridgehead atoms. The number of likely N-dealkylation sites (tertiary alicyclic amines) is 1. The quantitative estimate of drug-likeness (QED) is 0.247. The SMILES string of the molecule is C=CC1CC1(NC(=O)C1CC(n2nnc(-c3ccccc3)n2)CN1C(=O)C(NC(=S)NC1CCCC1)C(C)(C)C)C(=O)O. The number of aromatic nitrogens is 4. The molecule has 5 atom stereocenters. The Labute approximate surface area is 256 Å². The Bertz CT molecular complexity index is 1390. The Balaban J connectivity index is 1.40. The molecule has 4 N–H and O–H groups in total. The Morgan fingerprint density at radius 2 is 1.88 bits per heavy atom. The molecule has 3 aliphatic rings. The van der Waals surface area contributed by atoms with E-state index in [1.54, 1.807) is 0 Å². The summed E-state index contributed by atoms with van der Waals surface area (Å²) in [5.74, 6) is -1.93. The zero-order chi connectivity index (χ0) is 30.9. The van der Waals surface area contributed by atoms with Crippen molar-refractivity contribution >= 4 is 35.1 Å². The first kappa shape index (κ1) is 30.6. The number of tetrazole rings is 1. The predicted octanol–water partition coefficient (Wildman–Crippen LogP) is 2.45. The van der Waals surface area contributed by atoms with E-state index in [9.17, 15) is 19.5 Å². The first-order chi connectivity index (χ1) is 20.4. The van der Waals surface area contributed by atoms with Gasteiger partial charge in [0, 0.05) is 30.5 Å².